The Kier molecular flexibility index (Phi) is 2.81. The smallest absolute Gasteiger partial charge is 0.254 e. The number of ether oxygens (including phenoxy) is 1. The largest absolute Gasteiger partial charge is 0.489 e. The standard InChI is InChI=1S/C13H18N2O2/c1-13(2,3)10-7-15-6-9(12(14)16)11(10)17-8-4-5-8/h6-8H,4-5H2,1-3H3,(H2,14,16). The maximum absolute atomic E-state index is 11.4. The van der Waals surface area contributed by atoms with Crippen LogP contribution in [0.4, 0.5) is 0 Å². The first-order chi connectivity index (χ1) is 7.89. The predicted octanol–water partition coefficient (Wildman–Crippen LogP) is 2.02. The monoisotopic (exact) mass is 234 g/mol. The molecular weight excluding hydrogens is 216 g/mol. The van der Waals surface area contributed by atoms with Crippen molar-refractivity contribution in [1.29, 1.82) is 0 Å². The van der Waals surface area contributed by atoms with E-state index in [-0.39, 0.29) is 11.5 Å². The molecule has 1 heterocycles. The average Bonchev–Trinajstić information content (AvgIpc) is 3.00. The first kappa shape index (κ1) is 11.9. The summed E-state index contributed by atoms with van der Waals surface area (Å²) in [7, 11) is 0. The molecule has 1 aromatic heterocycles. The van der Waals surface area contributed by atoms with Gasteiger partial charge >= 0.3 is 0 Å². The van der Waals surface area contributed by atoms with E-state index in [0.29, 0.717) is 11.3 Å². The van der Waals surface area contributed by atoms with Crippen molar-refractivity contribution in [3.63, 3.8) is 0 Å². The molecule has 0 aliphatic heterocycles. The van der Waals surface area contributed by atoms with Gasteiger partial charge in [-0.15, -0.1) is 0 Å². The zero-order chi connectivity index (χ0) is 12.6. The molecular formula is C13H18N2O2. The second-order valence-corrected chi connectivity index (χ2v) is 5.50. The van der Waals surface area contributed by atoms with E-state index in [1.807, 2.05) is 0 Å². The van der Waals surface area contributed by atoms with Gasteiger partial charge in [0.1, 0.15) is 5.75 Å². The van der Waals surface area contributed by atoms with Crippen LogP contribution in [-0.2, 0) is 5.41 Å². The Hall–Kier alpha value is -1.58. The maximum Gasteiger partial charge on any atom is 0.254 e. The molecule has 0 bridgehead atoms. The molecule has 1 aliphatic rings. The van der Waals surface area contributed by atoms with Gasteiger partial charge in [-0.3, -0.25) is 9.78 Å². The molecule has 1 saturated carbocycles. The summed E-state index contributed by atoms with van der Waals surface area (Å²) in [6.07, 6.45) is 5.56. The third-order valence-electron chi connectivity index (χ3n) is 2.78. The Labute approximate surface area is 101 Å². The number of hydrogen-bond acceptors (Lipinski definition) is 3. The molecule has 0 unspecified atom stereocenters. The molecule has 4 nitrogen and oxygen atoms in total. The maximum atomic E-state index is 11.4. The van der Waals surface area contributed by atoms with E-state index >= 15 is 0 Å². The lowest BCUT2D eigenvalue weighted by Crippen LogP contribution is -2.20. The number of aromatic nitrogens is 1. The van der Waals surface area contributed by atoms with Crippen molar-refractivity contribution in [2.24, 2.45) is 5.73 Å². The fourth-order valence-corrected chi connectivity index (χ4v) is 1.64. The Morgan fingerprint density at radius 3 is 2.53 bits per heavy atom. The van der Waals surface area contributed by atoms with Crippen LogP contribution < -0.4 is 10.5 Å². The van der Waals surface area contributed by atoms with Gasteiger partial charge in [0.15, 0.2) is 0 Å². The highest BCUT2D eigenvalue weighted by atomic mass is 16.5. The number of hydrogen-bond donors (Lipinski definition) is 1. The van der Waals surface area contributed by atoms with Crippen molar-refractivity contribution in [2.45, 2.75) is 45.1 Å². The van der Waals surface area contributed by atoms with Gasteiger partial charge in [-0.25, -0.2) is 0 Å². The van der Waals surface area contributed by atoms with Gasteiger partial charge in [-0.05, 0) is 18.3 Å². The van der Waals surface area contributed by atoms with Gasteiger partial charge in [-0.1, -0.05) is 20.8 Å². The van der Waals surface area contributed by atoms with Gasteiger partial charge in [0.25, 0.3) is 5.91 Å². The summed E-state index contributed by atoms with van der Waals surface area (Å²) in [4.78, 5) is 15.5. The fraction of sp³-hybridized carbons (Fsp3) is 0.538. The lowest BCUT2D eigenvalue weighted by molar-refractivity contribution is 0.0995. The summed E-state index contributed by atoms with van der Waals surface area (Å²) in [5, 5.41) is 0. The van der Waals surface area contributed by atoms with Gasteiger partial charge in [0.2, 0.25) is 0 Å². The summed E-state index contributed by atoms with van der Waals surface area (Å²) in [5.74, 6) is 0.127. The minimum atomic E-state index is -0.487. The molecule has 0 radical (unpaired) electrons. The lowest BCUT2D eigenvalue weighted by atomic mass is 9.86. The van der Waals surface area contributed by atoms with Crippen LogP contribution in [0.25, 0.3) is 0 Å². The first-order valence-corrected chi connectivity index (χ1v) is 5.84. The third kappa shape index (κ3) is 2.57. The van der Waals surface area contributed by atoms with Gasteiger partial charge in [-0.2, -0.15) is 0 Å². The van der Waals surface area contributed by atoms with Crippen LogP contribution in [-0.4, -0.2) is 17.0 Å². The molecule has 1 aliphatic carbocycles. The van der Waals surface area contributed by atoms with E-state index in [1.165, 1.54) is 6.20 Å². The minimum absolute atomic E-state index is 0.122. The highest BCUT2D eigenvalue weighted by Gasteiger charge is 2.30. The molecule has 17 heavy (non-hydrogen) atoms. The summed E-state index contributed by atoms with van der Waals surface area (Å²) in [5.41, 5.74) is 6.55. The number of carbonyl (C=O) groups excluding carboxylic acids is 1. The Morgan fingerprint density at radius 2 is 2.06 bits per heavy atom. The fourth-order valence-electron chi connectivity index (χ4n) is 1.64. The van der Waals surface area contributed by atoms with Crippen LogP contribution in [0.15, 0.2) is 12.4 Å². The predicted molar refractivity (Wildman–Crippen MR) is 65.1 cm³/mol. The number of rotatable bonds is 3. The summed E-state index contributed by atoms with van der Waals surface area (Å²) in [6.45, 7) is 6.19. The van der Waals surface area contributed by atoms with Crippen molar-refractivity contribution in [2.75, 3.05) is 0 Å². The number of amides is 1. The van der Waals surface area contributed by atoms with Gasteiger partial charge < -0.3 is 10.5 Å². The Morgan fingerprint density at radius 1 is 1.41 bits per heavy atom. The Balaban J connectivity index is 2.49. The highest BCUT2D eigenvalue weighted by molar-refractivity contribution is 5.95. The molecule has 0 spiro atoms. The summed E-state index contributed by atoms with van der Waals surface area (Å²) in [6, 6.07) is 0. The van der Waals surface area contributed by atoms with Crippen molar-refractivity contribution in [1.82, 2.24) is 4.98 Å². The zero-order valence-electron chi connectivity index (χ0n) is 10.5. The van der Waals surface area contributed by atoms with E-state index in [1.54, 1.807) is 6.20 Å². The second-order valence-electron chi connectivity index (χ2n) is 5.50. The van der Waals surface area contributed by atoms with Crippen LogP contribution >= 0.6 is 0 Å². The summed E-state index contributed by atoms with van der Waals surface area (Å²) < 4.78 is 5.83. The van der Waals surface area contributed by atoms with Crippen molar-refractivity contribution in [3.8, 4) is 5.75 Å². The Bertz CT molecular complexity index is 445. The van der Waals surface area contributed by atoms with Crippen molar-refractivity contribution >= 4 is 5.91 Å². The number of nitrogens with zero attached hydrogens (tertiary/aromatic N) is 1. The van der Waals surface area contributed by atoms with E-state index in [9.17, 15) is 4.79 Å². The molecule has 0 atom stereocenters. The van der Waals surface area contributed by atoms with E-state index < -0.39 is 5.91 Å². The molecule has 1 aromatic rings. The molecule has 2 rings (SSSR count). The lowest BCUT2D eigenvalue weighted by Gasteiger charge is -2.23. The average molecular weight is 234 g/mol. The van der Waals surface area contributed by atoms with Crippen molar-refractivity contribution in [3.05, 3.63) is 23.5 Å². The quantitative estimate of drug-likeness (QED) is 0.870. The van der Waals surface area contributed by atoms with Crippen LogP contribution in [0.1, 0.15) is 49.5 Å². The number of pyridine rings is 1. The number of primary amides is 1. The number of nitrogens with two attached hydrogens (primary N) is 1. The zero-order valence-corrected chi connectivity index (χ0v) is 10.5. The molecule has 1 fully saturated rings. The van der Waals surface area contributed by atoms with Crippen molar-refractivity contribution < 1.29 is 9.53 Å². The summed E-state index contributed by atoms with van der Waals surface area (Å²) >= 11 is 0. The van der Waals surface area contributed by atoms with Crippen LogP contribution in [0.3, 0.4) is 0 Å². The van der Waals surface area contributed by atoms with Crippen LogP contribution in [0.2, 0.25) is 0 Å². The molecule has 2 N–H and O–H groups in total. The minimum Gasteiger partial charge on any atom is -0.489 e. The van der Waals surface area contributed by atoms with E-state index in [0.717, 1.165) is 18.4 Å². The van der Waals surface area contributed by atoms with E-state index in [2.05, 4.69) is 25.8 Å². The second kappa shape index (κ2) is 4.02. The van der Waals surface area contributed by atoms with Crippen LogP contribution in [0, 0.1) is 0 Å². The topological polar surface area (TPSA) is 65.2 Å². The molecule has 4 heteroatoms. The highest BCUT2D eigenvalue weighted by Crippen LogP contribution is 2.37. The normalized spacial score (nSPS) is 15.7. The number of carbonyl (C=O) groups is 1. The van der Waals surface area contributed by atoms with Crippen LogP contribution in [0.5, 0.6) is 5.75 Å². The van der Waals surface area contributed by atoms with E-state index in [4.69, 9.17) is 10.5 Å². The third-order valence-corrected chi connectivity index (χ3v) is 2.78. The SMILES string of the molecule is CC(C)(C)c1cncc(C(N)=O)c1OC1CC1. The van der Waals surface area contributed by atoms with Gasteiger partial charge in [0.05, 0.1) is 11.7 Å². The molecule has 0 aromatic carbocycles. The molecule has 0 saturated heterocycles. The van der Waals surface area contributed by atoms with Gasteiger partial charge in [0, 0.05) is 18.0 Å². The molecule has 1 amide bonds. The molecule has 92 valence electrons. The first-order valence-electron chi connectivity index (χ1n) is 5.84.